The van der Waals surface area contributed by atoms with E-state index in [0.29, 0.717) is 24.7 Å². The maximum Gasteiger partial charge on any atom is 0.338 e. The molecule has 3 N–H and O–H groups in total. The minimum Gasteiger partial charge on any atom is -0.478 e. The van der Waals surface area contributed by atoms with Crippen LogP contribution in [0.3, 0.4) is 0 Å². The molecule has 1 aliphatic heterocycles. The van der Waals surface area contributed by atoms with E-state index in [0.717, 1.165) is 56.2 Å². The van der Waals surface area contributed by atoms with Gasteiger partial charge in [0, 0.05) is 31.0 Å². The molecule has 0 radical (unpaired) electrons. The predicted molar refractivity (Wildman–Crippen MR) is 153 cm³/mol. The summed E-state index contributed by atoms with van der Waals surface area (Å²) in [6, 6.07) is 15.0. The van der Waals surface area contributed by atoms with Crippen LogP contribution in [-0.4, -0.2) is 48.5 Å². The van der Waals surface area contributed by atoms with E-state index in [-0.39, 0.29) is 22.2 Å². The minimum atomic E-state index is -4.03. The van der Waals surface area contributed by atoms with Crippen molar-refractivity contribution in [3.63, 3.8) is 0 Å². The van der Waals surface area contributed by atoms with Crippen LogP contribution in [0.1, 0.15) is 72.1 Å². The first-order valence-electron chi connectivity index (χ1n) is 13.7. The lowest BCUT2D eigenvalue weighted by Crippen LogP contribution is -2.33. The molecule has 1 aromatic heterocycles. The molecule has 39 heavy (non-hydrogen) atoms. The predicted octanol–water partition coefficient (Wildman–Crippen LogP) is 5.49. The second kappa shape index (κ2) is 11.8. The number of pyridine rings is 1. The standard InChI is InChI=1S/C30H36N4O4S/c1-21(23-9-6-17-31-20-23)34-19-7-10-24(34)16-18-32-26-12-4-5-13-28(26)39(37,38)33-27-15-14-22-8-2-3-11-25(22)29(27)30(35)36/h4-6,9,12-15,17,20-21,24,32-33H,2-3,7-8,10-11,16,18-19H2,1H3,(H,35,36)/t21?,24-/m0/s1. The molecule has 5 rings (SSSR count). The van der Waals surface area contributed by atoms with Crippen molar-refractivity contribution in [2.24, 2.45) is 0 Å². The van der Waals surface area contributed by atoms with Crippen LogP contribution in [0.4, 0.5) is 11.4 Å². The summed E-state index contributed by atoms with van der Waals surface area (Å²) in [5.74, 6) is -1.11. The van der Waals surface area contributed by atoms with Gasteiger partial charge < -0.3 is 10.4 Å². The Morgan fingerprint density at radius 1 is 1.08 bits per heavy atom. The monoisotopic (exact) mass is 548 g/mol. The van der Waals surface area contributed by atoms with Crippen LogP contribution in [0.25, 0.3) is 0 Å². The smallest absolute Gasteiger partial charge is 0.338 e. The lowest BCUT2D eigenvalue weighted by atomic mass is 9.87. The van der Waals surface area contributed by atoms with Crippen LogP contribution in [0.2, 0.25) is 0 Å². The summed E-state index contributed by atoms with van der Waals surface area (Å²) >= 11 is 0. The lowest BCUT2D eigenvalue weighted by molar-refractivity contribution is 0.0696. The molecule has 0 spiro atoms. The quantitative estimate of drug-likeness (QED) is 0.307. The molecule has 1 fully saturated rings. The zero-order valence-corrected chi connectivity index (χ0v) is 23.1. The van der Waals surface area contributed by atoms with E-state index in [2.05, 4.69) is 32.9 Å². The highest BCUT2D eigenvalue weighted by atomic mass is 32.2. The number of aromatic carboxylic acids is 1. The lowest BCUT2D eigenvalue weighted by Gasteiger charge is -2.31. The van der Waals surface area contributed by atoms with Crippen molar-refractivity contribution in [3.8, 4) is 0 Å². The van der Waals surface area contributed by atoms with Crippen LogP contribution in [0.15, 0.2) is 65.8 Å². The number of rotatable bonds is 10. The molecule has 0 bridgehead atoms. The molecule has 3 aromatic rings. The molecule has 0 amide bonds. The van der Waals surface area contributed by atoms with E-state index < -0.39 is 16.0 Å². The number of carboxylic acid groups (broad SMARTS) is 1. The highest BCUT2D eigenvalue weighted by molar-refractivity contribution is 7.92. The van der Waals surface area contributed by atoms with E-state index >= 15 is 0 Å². The number of anilines is 2. The van der Waals surface area contributed by atoms with Crippen molar-refractivity contribution in [1.82, 2.24) is 9.88 Å². The second-order valence-electron chi connectivity index (χ2n) is 10.5. The number of carbonyl (C=O) groups is 1. The van der Waals surface area contributed by atoms with Gasteiger partial charge in [0.15, 0.2) is 0 Å². The number of fused-ring (bicyclic) bond motifs is 1. The van der Waals surface area contributed by atoms with Crippen LogP contribution in [0, 0.1) is 0 Å². The number of aryl methyl sites for hydroxylation is 1. The first kappa shape index (κ1) is 27.1. The minimum absolute atomic E-state index is 0.0604. The molecule has 2 aliphatic rings. The molecule has 0 saturated carbocycles. The zero-order chi connectivity index (χ0) is 27.4. The third kappa shape index (κ3) is 5.94. The van der Waals surface area contributed by atoms with Crippen molar-refractivity contribution < 1.29 is 18.3 Å². The molecule has 9 heteroatoms. The molecule has 2 aromatic carbocycles. The second-order valence-corrected chi connectivity index (χ2v) is 12.1. The highest BCUT2D eigenvalue weighted by Crippen LogP contribution is 2.33. The number of aromatic nitrogens is 1. The fourth-order valence-electron chi connectivity index (χ4n) is 6.07. The molecule has 1 aliphatic carbocycles. The third-order valence-electron chi connectivity index (χ3n) is 8.05. The van der Waals surface area contributed by atoms with Crippen LogP contribution < -0.4 is 10.0 Å². The van der Waals surface area contributed by atoms with Gasteiger partial charge in [0.05, 0.1) is 16.9 Å². The number of likely N-dealkylation sites (tertiary alicyclic amines) is 1. The number of nitrogens with zero attached hydrogens (tertiary/aromatic N) is 2. The Hall–Kier alpha value is -3.43. The molecular weight excluding hydrogens is 512 g/mol. The molecule has 206 valence electrons. The molecular formula is C30H36N4O4S. The van der Waals surface area contributed by atoms with E-state index in [1.54, 1.807) is 36.5 Å². The van der Waals surface area contributed by atoms with Crippen LogP contribution in [-0.2, 0) is 22.9 Å². The van der Waals surface area contributed by atoms with Gasteiger partial charge in [-0.25, -0.2) is 13.2 Å². The van der Waals surface area contributed by atoms with Crippen molar-refractivity contribution in [1.29, 1.82) is 0 Å². The van der Waals surface area contributed by atoms with Gasteiger partial charge in [-0.1, -0.05) is 24.3 Å². The van der Waals surface area contributed by atoms with Gasteiger partial charge in [-0.15, -0.1) is 0 Å². The van der Waals surface area contributed by atoms with Crippen molar-refractivity contribution in [2.75, 3.05) is 23.1 Å². The maximum atomic E-state index is 13.5. The summed E-state index contributed by atoms with van der Waals surface area (Å²) in [7, 11) is -4.03. The van der Waals surface area contributed by atoms with Gasteiger partial charge in [-0.3, -0.25) is 14.6 Å². The Bertz CT molecular complexity index is 1430. The third-order valence-corrected chi connectivity index (χ3v) is 9.47. The molecule has 1 unspecified atom stereocenters. The zero-order valence-electron chi connectivity index (χ0n) is 22.3. The Morgan fingerprint density at radius 2 is 1.90 bits per heavy atom. The summed E-state index contributed by atoms with van der Waals surface area (Å²) in [6.45, 7) is 3.86. The van der Waals surface area contributed by atoms with E-state index in [1.165, 1.54) is 5.56 Å². The van der Waals surface area contributed by atoms with Gasteiger partial charge >= 0.3 is 5.97 Å². The van der Waals surface area contributed by atoms with Crippen molar-refractivity contribution >= 4 is 27.4 Å². The first-order valence-corrected chi connectivity index (χ1v) is 15.2. The number of sulfonamides is 1. The summed E-state index contributed by atoms with van der Waals surface area (Å²) in [4.78, 5) is 19.0. The van der Waals surface area contributed by atoms with Gasteiger partial charge in [0.2, 0.25) is 0 Å². The molecule has 1 saturated heterocycles. The number of hydrogen-bond donors (Lipinski definition) is 3. The van der Waals surface area contributed by atoms with E-state index in [9.17, 15) is 18.3 Å². The van der Waals surface area contributed by atoms with Gasteiger partial charge in [-0.05, 0) is 99.4 Å². The summed E-state index contributed by atoms with van der Waals surface area (Å²) in [5.41, 5.74) is 3.60. The Balaban J connectivity index is 1.30. The highest BCUT2D eigenvalue weighted by Gasteiger charge is 2.29. The van der Waals surface area contributed by atoms with Crippen molar-refractivity contribution in [2.45, 2.75) is 68.8 Å². The van der Waals surface area contributed by atoms with Gasteiger partial charge in [0.1, 0.15) is 4.90 Å². The first-order chi connectivity index (χ1) is 18.8. The van der Waals surface area contributed by atoms with Crippen LogP contribution >= 0.6 is 0 Å². The number of para-hydroxylation sites is 1. The number of nitrogens with one attached hydrogen (secondary N) is 2. The number of hydrogen-bond acceptors (Lipinski definition) is 6. The summed E-state index contributed by atoms with van der Waals surface area (Å²) in [5, 5.41) is 13.3. The molecule has 2 atom stereocenters. The van der Waals surface area contributed by atoms with E-state index in [4.69, 9.17) is 0 Å². The van der Waals surface area contributed by atoms with Gasteiger partial charge in [0.25, 0.3) is 10.0 Å². The molecule has 2 heterocycles. The Morgan fingerprint density at radius 3 is 2.69 bits per heavy atom. The SMILES string of the molecule is CC(c1cccnc1)N1CCC[C@H]1CCNc1ccccc1S(=O)(=O)Nc1ccc2c(c1C(=O)O)CCCC2. The van der Waals surface area contributed by atoms with Crippen LogP contribution in [0.5, 0.6) is 0 Å². The average Bonchev–Trinajstić information content (AvgIpc) is 3.41. The average molecular weight is 549 g/mol. The van der Waals surface area contributed by atoms with E-state index in [1.807, 2.05) is 18.3 Å². The summed E-state index contributed by atoms with van der Waals surface area (Å²) in [6.07, 6.45) is 10.2. The topological polar surface area (TPSA) is 112 Å². The number of carboxylic acids is 1. The maximum absolute atomic E-state index is 13.5. The number of benzene rings is 2. The summed E-state index contributed by atoms with van der Waals surface area (Å²) < 4.78 is 29.6. The largest absolute Gasteiger partial charge is 0.478 e. The van der Waals surface area contributed by atoms with Gasteiger partial charge in [-0.2, -0.15) is 0 Å². The Labute approximate surface area is 230 Å². The van der Waals surface area contributed by atoms with Crippen molar-refractivity contribution in [3.05, 3.63) is 83.2 Å². The fraction of sp³-hybridized carbons (Fsp3) is 0.400. The normalized spacial score (nSPS) is 18.3. The molecule has 8 nitrogen and oxygen atoms in total. The Kier molecular flexibility index (Phi) is 8.18. The fourth-order valence-corrected chi connectivity index (χ4v) is 7.33.